The predicted octanol–water partition coefficient (Wildman–Crippen LogP) is 5.72. The first-order valence-corrected chi connectivity index (χ1v) is 10.1. The van der Waals surface area contributed by atoms with Crippen LogP contribution in [0.3, 0.4) is 0 Å². The molecule has 0 aliphatic rings. The number of amides is 1. The van der Waals surface area contributed by atoms with Crippen LogP contribution in [-0.4, -0.2) is 10.9 Å². The summed E-state index contributed by atoms with van der Waals surface area (Å²) in [5, 5.41) is 7.11. The largest absolute Gasteiger partial charge is 0.348 e. The van der Waals surface area contributed by atoms with E-state index in [1.165, 1.54) is 5.56 Å². The molecule has 0 unspecified atom stereocenters. The molecular formula is C24H20N2OS. The quantitative estimate of drug-likeness (QED) is 0.478. The van der Waals surface area contributed by atoms with Gasteiger partial charge >= 0.3 is 0 Å². The minimum absolute atomic E-state index is 0.0874. The van der Waals surface area contributed by atoms with Gasteiger partial charge in [0.15, 0.2) is 0 Å². The summed E-state index contributed by atoms with van der Waals surface area (Å²) < 4.78 is 0. The first-order valence-electron chi connectivity index (χ1n) is 9.12. The molecule has 28 heavy (non-hydrogen) atoms. The molecule has 0 bridgehead atoms. The molecule has 2 heterocycles. The number of rotatable bonds is 5. The molecule has 0 radical (unpaired) electrons. The number of aromatic nitrogens is 1. The van der Waals surface area contributed by atoms with E-state index in [9.17, 15) is 4.79 Å². The second kappa shape index (κ2) is 8.19. The third-order valence-electron chi connectivity index (χ3n) is 4.66. The van der Waals surface area contributed by atoms with Gasteiger partial charge in [-0.2, -0.15) is 11.3 Å². The maximum atomic E-state index is 12.6. The topological polar surface area (TPSA) is 42.0 Å². The van der Waals surface area contributed by atoms with Crippen LogP contribution in [0.1, 0.15) is 21.5 Å². The van der Waals surface area contributed by atoms with Crippen molar-refractivity contribution in [1.82, 2.24) is 10.3 Å². The van der Waals surface area contributed by atoms with Crippen molar-refractivity contribution in [3.63, 3.8) is 0 Å². The Morgan fingerprint density at radius 3 is 2.32 bits per heavy atom. The van der Waals surface area contributed by atoms with Gasteiger partial charge in [0.25, 0.3) is 5.91 Å². The molecule has 0 saturated heterocycles. The number of pyridine rings is 1. The van der Waals surface area contributed by atoms with Crippen LogP contribution < -0.4 is 5.32 Å². The van der Waals surface area contributed by atoms with E-state index in [0.29, 0.717) is 12.1 Å². The molecule has 138 valence electrons. The van der Waals surface area contributed by atoms with Gasteiger partial charge in [0, 0.05) is 29.2 Å². The number of carbonyl (C=O) groups excluding carboxylic acids is 1. The zero-order valence-corrected chi connectivity index (χ0v) is 16.4. The first kappa shape index (κ1) is 18.1. The number of thiophene rings is 1. The van der Waals surface area contributed by atoms with E-state index in [1.807, 2.05) is 47.8 Å². The van der Waals surface area contributed by atoms with Crippen molar-refractivity contribution in [1.29, 1.82) is 0 Å². The summed E-state index contributed by atoms with van der Waals surface area (Å²) >= 11 is 1.64. The average molecular weight is 385 g/mol. The van der Waals surface area contributed by atoms with E-state index >= 15 is 0 Å². The van der Waals surface area contributed by atoms with Gasteiger partial charge in [-0.3, -0.25) is 9.78 Å². The fourth-order valence-electron chi connectivity index (χ4n) is 3.08. The Kier molecular flexibility index (Phi) is 5.31. The van der Waals surface area contributed by atoms with Crippen LogP contribution in [0.15, 0.2) is 83.7 Å². The Balaban J connectivity index is 1.46. The number of benzene rings is 2. The smallest absolute Gasteiger partial charge is 0.251 e. The molecule has 0 spiro atoms. The van der Waals surface area contributed by atoms with E-state index in [4.69, 9.17) is 0 Å². The van der Waals surface area contributed by atoms with E-state index in [0.717, 1.165) is 27.9 Å². The Morgan fingerprint density at radius 1 is 0.929 bits per heavy atom. The summed E-state index contributed by atoms with van der Waals surface area (Å²) in [5.41, 5.74) is 7.13. The fraction of sp³-hybridized carbons (Fsp3) is 0.0833. The number of nitrogens with one attached hydrogen (secondary N) is 1. The van der Waals surface area contributed by atoms with Crippen molar-refractivity contribution in [2.45, 2.75) is 13.5 Å². The summed E-state index contributed by atoms with van der Waals surface area (Å²) in [6.07, 6.45) is 1.78. The van der Waals surface area contributed by atoms with Gasteiger partial charge < -0.3 is 5.32 Å². The van der Waals surface area contributed by atoms with Gasteiger partial charge in [-0.15, -0.1) is 0 Å². The van der Waals surface area contributed by atoms with Crippen LogP contribution >= 0.6 is 11.3 Å². The van der Waals surface area contributed by atoms with E-state index < -0.39 is 0 Å². The van der Waals surface area contributed by atoms with Crippen LogP contribution in [-0.2, 0) is 6.54 Å². The molecule has 2 aromatic heterocycles. The van der Waals surface area contributed by atoms with Crippen molar-refractivity contribution in [2.24, 2.45) is 0 Å². The Bertz CT molecular complexity index is 1070. The highest BCUT2D eigenvalue weighted by Crippen LogP contribution is 2.24. The molecule has 0 atom stereocenters. The fourth-order valence-corrected chi connectivity index (χ4v) is 3.72. The molecule has 0 saturated carbocycles. The average Bonchev–Trinajstić information content (AvgIpc) is 3.28. The molecule has 0 aliphatic heterocycles. The second-order valence-corrected chi connectivity index (χ2v) is 7.43. The molecule has 4 heteroatoms. The van der Waals surface area contributed by atoms with Crippen molar-refractivity contribution in [3.8, 4) is 22.4 Å². The maximum absolute atomic E-state index is 12.6. The molecule has 0 aliphatic carbocycles. The molecule has 3 nitrogen and oxygen atoms in total. The number of carbonyl (C=O) groups is 1. The highest BCUT2D eigenvalue weighted by molar-refractivity contribution is 7.08. The minimum Gasteiger partial charge on any atom is -0.348 e. The molecule has 1 N–H and O–H groups in total. The lowest BCUT2D eigenvalue weighted by Gasteiger charge is -2.10. The lowest BCUT2D eigenvalue weighted by atomic mass is 10.0. The van der Waals surface area contributed by atoms with Crippen LogP contribution in [0.2, 0.25) is 0 Å². The minimum atomic E-state index is -0.0874. The summed E-state index contributed by atoms with van der Waals surface area (Å²) in [4.78, 5) is 17.1. The van der Waals surface area contributed by atoms with Gasteiger partial charge in [-0.05, 0) is 53.3 Å². The Labute approximate surface area is 168 Å². The summed E-state index contributed by atoms with van der Waals surface area (Å²) in [5.74, 6) is -0.0874. The maximum Gasteiger partial charge on any atom is 0.251 e. The molecule has 4 aromatic rings. The molecule has 2 aromatic carbocycles. The second-order valence-electron chi connectivity index (χ2n) is 6.65. The lowest BCUT2D eigenvalue weighted by molar-refractivity contribution is 0.0951. The zero-order valence-electron chi connectivity index (χ0n) is 15.6. The van der Waals surface area contributed by atoms with Gasteiger partial charge in [0.05, 0.1) is 5.69 Å². The molecule has 1 amide bonds. The van der Waals surface area contributed by atoms with E-state index in [1.54, 1.807) is 17.5 Å². The van der Waals surface area contributed by atoms with Crippen molar-refractivity contribution < 1.29 is 4.79 Å². The first-order chi connectivity index (χ1) is 13.7. The zero-order chi connectivity index (χ0) is 19.3. The number of hydrogen-bond donors (Lipinski definition) is 1. The molecule has 4 rings (SSSR count). The Hall–Kier alpha value is -3.24. The van der Waals surface area contributed by atoms with Gasteiger partial charge in [-0.25, -0.2) is 0 Å². The van der Waals surface area contributed by atoms with Gasteiger partial charge in [-0.1, -0.05) is 48.0 Å². The van der Waals surface area contributed by atoms with Crippen molar-refractivity contribution >= 4 is 17.2 Å². The highest BCUT2D eigenvalue weighted by Gasteiger charge is 2.10. The highest BCUT2D eigenvalue weighted by atomic mass is 32.1. The standard InChI is InChI=1S/C24H20N2OS/c1-17-4-6-18(7-5-17)19-8-10-20(11-9-19)24(27)26-15-21-3-2-13-25-23(21)22-12-14-28-16-22/h2-14,16H,15H2,1H3,(H,26,27). The van der Waals surface area contributed by atoms with Crippen molar-refractivity contribution in [2.75, 3.05) is 0 Å². The van der Waals surface area contributed by atoms with Gasteiger partial charge in [0.2, 0.25) is 0 Å². The molecule has 0 fully saturated rings. The summed E-state index contributed by atoms with van der Waals surface area (Å²) in [6.45, 7) is 2.51. The molecular weight excluding hydrogens is 364 g/mol. The lowest BCUT2D eigenvalue weighted by Crippen LogP contribution is -2.23. The van der Waals surface area contributed by atoms with Gasteiger partial charge in [0.1, 0.15) is 0 Å². The van der Waals surface area contributed by atoms with Crippen LogP contribution in [0.25, 0.3) is 22.4 Å². The van der Waals surface area contributed by atoms with Crippen molar-refractivity contribution in [3.05, 3.63) is 100 Å². The monoisotopic (exact) mass is 384 g/mol. The van der Waals surface area contributed by atoms with Crippen LogP contribution in [0.4, 0.5) is 0 Å². The third-order valence-corrected chi connectivity index (χ3v) is 5.34. The number of aryl methyl sites for hydroxylation is 1. The van der Waals surface area contributed by atoms with E-state index in [2.05, 4.69) is 46.9 Å². The summed E-state index contributed by atoms with van der Waals surface area (Å²) in [7, 11) is 0. The summed E-state index contributed by atoms with van der Waals surface area (Å²) in [6, 6.07) is 22.0. The normalized spacial score (nSPS) is 10.6. The number of nitrogens with zero attached hydrogens (tertiary/aromatic N) is 1. The van der Waals surface area contributed by atoms with Crippen LogP contribution in [0.5, 0.6) is 0 Å². The SMILES string of the molecule is Cc1ccc(-c2ccc(C(=O)NCc3cccnc3-c3ccsc3)cc2)cc1. The van der Waals surface area contributed by atoms with Crippen LogP contribution in [0, 0.1) is 6.92 Å². The van der Waals surface area contributed by atoms with E-state index in [-0.39, 0.29) is 5.91 Å². The third kappa shape index (κ3) is 4.02. The number of hydrogen-bond acceptors (Lipinski definition) is 3. The Morgan fingerprint density at radius 2 is 1.64 bits per heavy atom. The predicted molar refractivity (Wildman–Crippen MR) is 115 cm³/mol.